The number of hydrogen-bond donors (Lipinski definition) is 2. The number of carbonyl (C=O) groups excluding carboxylic acids is 1. The average molecular weight is 247 g/mol. The van der Waals surface area contributed by atoms with Crippen molar-refractivity contribution in [3.63, 3.8) is 0 Å². The Kier molecular flexibility index (Phi) is 3.07. The van der Waals surface area contributed by atoms with Gasteiger partial charge in [0.15, 0.2) is 5.78 Å². The molecule has 0 spiro atoms. The number of nitrogens with zero attached hydrogens (tertiary/aromatic N) is 1. The molecule has 4 nitrogen and oxygen atoms in total. The Hall–Kier alpha value is -1.55. The van der Waals surface area contributed by atoms with Gasteiger partial charge in [-0.15, -0.1) is 0 Å². The lowest BCUT2D eigenvalue weighted by Crippen LogP contribution is -2.44. The van der Waals surface area contributed by atoms with Gasteiger partial charge in [0.25, 0.3) is 0 Å². The number of Topliss-reactive ketones (excluding diaryl/α,β-unsaturated/α-hetero) is 1. The van der Waals surface area contributed by atoms with Gasteiger partial charge in [-0.05, 0) is 31.8 Å². The maximum Gasteiger partial charge on any atom is 0.169 e. The fraction of sp³-hybridized carbons (Fsp3) is 0.500. The highest BCUT2D eigenvalue weighted by atomic mass is 16.1. The lowest BCUT2D eigenvalue weighted by atomic mass is 9.79. The number of hydrogen-bond acceptors (Lipinski definition) is 4. The van der Waals surface area contributed by atoms with Crippen LogP contribution in [0.4, 0.5) is 11.4 Å². The summed E-state index contributed by atoms with van der Waals surface area (Å²) in [4.78, 5) is 14.2. The lowest BCUT2D eigenvalue weighted by Gasteiger charge is -2.27. The number of nitrogens with two attached hydrogens (primary N) is 1. The maximum atomic E-state index is 12.3. The summed E-state index contributed by atoms with van der Waals surface area (Å²) in [7, 11) is 3.82. The number of fused-ring (bicyclic) bond motifs is 1. The summed E-state index contributed by atoms with van der Waals surface area (Å²) < 4.78 is 0. The number of nitrogens with one attached hydrogen (secondary N) is 1. The summed E-state index contributed by atoms with van der Waals surface area (Å²) in [5.74, 6) is 0.208. The van der Waals surface area contributed by atoms with E-state index in [1.807, 2.05) is 37.2 Å². The van der Waals surface area contributed by atoms with Crippen molar-refractivity contribution < 1.29 is 4.79 Å². The van der Waals surface area contributed by atoms with Crippen LogP contribution < -0.4 is 11.1 Å². The standard InChI is InChI=1S/C14H21N3O/c1-14(2)10-6-5-9(15)7-11(10)16-13(14)12(18)8-17(3)4/h5-7,13,16H,8,15H2,1-4H3. The lowest BCUT2D eigenvalue weighted by molar-refractivity contribution is -0.121. The van der Waals surface area contributed by atoms with Gasteiger partial charge in [0.1, 0.15) is 0 Å². The van der Waals surface area contributed by atoms with Crippen molar-refractivity contribution in [1.82, 2.24) is 4.90 Å². The van der Waals surface area contributed by atoms with Crippen molar-refractivity contribution in [1.29, 1.82) is 0 Å². The molecule has 0 saturated heterocycles. The molecule has 1 heterocycles. The number of anilines is 2. The first-order valence-corrected chi connectivity index (χ1v) is 6.16. The minimum Gasteiger partial charge on any atom is -0.399 e. The molecule has 0 aromatic heterocycles. The van der Waals surface area contributed by atoms with Crippen LogP contribution in [0, 0.1) is 0 Å². The topological polar surface area (TPSA) is 58.4 Å². The van der Waals surface area contributed by atoms with Crippen molar-refractivity contribution in [3.8, 4) is 0 Å². The van der Waals surface area contributed by atoms with Gasteiger partial charge in [0.2, 0.25) is 0 Å². The van der Waals surface area contributed by atoms with Gasteiger partial charge in [-0.2, -0.15) is 0 Å². The smallest absolute Gasteiger partial charge is 0.169 e. The third-order valence-electron chi connectivity index (χ3n) is 3.55. The van der Waals surface area contributed by atoms with E-state index in [0.29, 0.717) is 6.54 Å². The summed E-state index contributed by atoms with van der Waals surface area (Å²) in [6, 6.07) is 5.62. The zero-order valence-corrected chi connectivity index (χ0v) is 11.4. The van der Waals surface area contributed by atoms with E-state index in [1.54, 1.807) is 0 Å². The first-order valence-electron chi connectivity index (χ1n) is 6.16. The van der Waals surface area contributed by atoms with Crippen LogP contribution in [-0.4, -0.2) is 37.4 Å². The van der Waals surface area contributed by atoms with Crippen LogP contribution >= 0.6 is 0 Å². The molecule has 0 saturated carbocycles. The second-order valence-electron chi connectivity index (χ2n) is 5.81. The molecule has 0 bridgehead atoms. The molecule has 0 amide bonds. The van der Waals surface area contributed by atoms with E-state index in [9.17, 15) is 4.79 Å². The molecule has 1 aromatic carbocycles. The van der Waals surface area contributed by atoms with Gasteiger partial charge < -0.3 is 16.0 Å². The second kappa shape index (κ2) is 4.28. The molecule has 98 valence electrons. The number of rotatable bonds is 3. The van der Waals surface area contributed by atoms with Crippen molar-refractivity contribution in [2.24, 2.45) is 0 Å². The van der Waals surface area contributed by atoms with Gasteiger partial charge in [-0.3, -0.25) is 4.79 Å². The zero-order chi connectivity index (χ0) is 13.5. The minimum atomic E-state index is -0.198. The van der Waals surface area contributed by atoms with E-state index >= 15 is 0 Å². The Morgan fingerprint density at radius 1 is 1.44 bits per heavy atom. The van der Waals surface area contributed by atoms with Crippen LogP contribution in [0.3, 0.4) is 0 Å². The molecule has 0 aliphatic carbocycles. The Morgan fingerprint density at radius 2 is 2.11 bits per heavy atom. The summed E-state index contributed by atoms with van der Waals surface area (Å²) in [6.45, 7) is 4.64. The molecule has 3 N–H and O–H groups in total. The van der Waals surface area contributed by atoms with Crippen LogP contribution in [0.5, 0.6) is 0 Å². The Morgan fingerprint density at radius 3 is 2.72 bits per heavy atom. The Labute approximate surface area is 108 Å². The van der Waals surface area contributed by atoms with Gasteiger partial charge in [0.05, 0.1) is 12.6 Å². The molecule has 1 atom stereocenters. The molecule has 2 rings (SSSR count). The van der Waals surface area contributed by atoms with Gasteiger partial charge >= 0.3 is 0 Å². The normalized spacial score (nSPS) is 20.6. The van der Waals surface area contributed by atoms with E-state index < -0.39 is 0 Å². The molecule has 0 fully saturated rings. The molecule has 1 aliphatic heterocycles. The number of likely N-dealkylation sites (N-methyl/N-ethyl adjacent to an activating group) is 1. The summed E-state index contributed by atoms with van der Waals surface area (Å²) in [5, 5.41) is 3.31. The number of nitrogen functional groups attached to an aromatic ring is 1. The van der Waals surface area contributed by atoms with E-state index in [0.717, 1.165) is 16.9 Å². The first-order chi connectivity index (χ1) is 8.32. The summed E-state index contributed by atoms with van der Waals surface area (Å²) in [6.07, 6.45) is 0. The molecule has 0 radical (unpaired) electrons. The summed E-state index contributed by atoms with van der Waals surface area (Å²) in [5.41, 5.74) is 8.45. The monoisotopic (exact) mass is 247 g/mol. The SMILES string of the molecule is CN(C)CC(=O)C1Nc2cc(N)ccc2C1(C)C. The zero-order valence-electron chi connectivity index (χ0n) is 11.4. The van der Waals surface area contributed by atoms with E-state index in [2.05, 4.69) is 19.2 Å². The number of carbonyl (C=O) groups is 1. The van der Waals surface area contributed by atoms with E-state index in [1.165, 1.54) is 0 Å². The van der Waals surface area contributed by atoms with Crippen LogP contribution in [0.15, 0.2) is 18.2 Å². The number of benzene rings is 1. The molecule has 18 heavy (non-hydrogen) atoms. The van der Waals surface area contributed by atoms with Crippen molar-refractivity contribution >= 4 is 17.2 Å². The third-order valence-corrected chi connectivity index (χ3v) is 3.55. The van der Waals surface area contributed by atoms with Crippen LogP contribution in [0.1, 0.15) is 19.4 Å². The van der Waals surface area contributed by atoms with Crippen molar-refractivity contribution in [2.45, 2.75) is 25.3 Å². The van der Waals surface area contributed by atoms with Gasteiger partial charge in [-0.1, -0.05) is 19.9 Å². The highest BCUT2D eigenvalue weighted by Gasteiger charge is 2.43. The van der Waals surface area contributed by atoms with E-state index in [-0.39, 0.29) is 17.2 Å². The number of ketones is 1. The van der Waals surface area contributed by atoms with Crippen molar-refractivity contribution in [3.05, 3.63) is 23.8 Å². The third kappa shape index (κ3) is 2.08. The maximum absolute atomic E-state index is 12.3. The quantitative estimate of drug-likeness (QED) is 0.794. The van der Waals surface area contributed by atoms with Gasteiger partial charge in [0, 0.05) is 16.8 Å². The fourth-order valence-corrected chi connectivity index (χ4v) is 2.62. The summed E-state index contributed by atoms with van der Waals surface area (Å²) >= 11 is 0. The molecule has 1 aliphatic rings. The Balaban J connectivity index is 2.31. The fourth-order valence-electron chi connectivity index (χ4n) is 2.62. The molecular weight excluding hydrogens is 226 g/mol. The van der Waals surface area contributed by atoms with Crippen LogP contribution in [-0.2, 0) is 10.2 Å². The molecule has 1 aromatic rings. The average Bonchev–Trinajstić information content (AvgIpc) is 2.49. The van der Waals surface area contributed by atoms with Gasteiger partial charge in [-0.25, -0.2) is 0 Å². The molecular formula is C14H21N3O. The van der Waals surface area contributed by atoms with Crippen LogP contribution in [0.2, 0.25) is 0 Å². The second-order valence-corrected chi connectivity index (χ2v) is 5.81. The first kappa shape index (κ1) is 12.9. The van der Waals surface area contributed by atoms with Crippen molar-refractivity contribution in [2.75, 3.05) is 31.7 Å². The molecule has 4 heteroatoms. The highest BCUT2D eigenvalue weighted by molar-refractivity contribution is 5.93. The highest BCUT2D eigenvalue weighted by Crippen LogP contribution is 2.41. The molecule has 1 unspecified atom stereocenters. The predicted molar refractivity (Wildman–Crippen MR) is 74.9 cm³/mol. The Bertz CT molecular complexity index is 480. The van der Waals surface area contributed by atoms with Crippen LogP contribution in [0.25, 0.3) is 0 Å². The predicted octanol–water partition coefficient (Wildman–Crippen LogP) is 1.47. The minimum absolute atomic E-state index is 0.184. The van der Waals surface area contributed by atoms with E-state index in [4.69, 9.17) is 5.73 Å². The largest absolute Gasteiger partial charge is 0.399 e.